The molecule has 0 heterocycles. The molecule has 1 saturated carbocycles. The monoisotopic (exact) mass is 247 g/mol. The van der Waals surface area contributed by atoms with Crippen molar-refractivity contribution in [3.63, 3.8) is 0 Å². The van der Waals surface area contributed by atoms with Crippen LogP contribution in [0.5, 0.6) is 0 Å². The van der Waals surface area contributed by atoms with Crippen molar-refractivity contribution in [2.45, 2.75) is 44.1 Å². The minimum atomic E-state index is 0.269. The van der Waals surface area contributed by atoms with Gasteiger partial charge in [0.15, 0.2) is 0 Å². The maximum Gasteiger partial charge on any atom is 0.0628 e. The van der Waals surface area contributed by atoms with Gasteiger partial charge in [0.2, 0.25) is 0 Å². The molecule has 1 aliphatic rings. The number of ether oxygens (including phenoxy) is 1. The van der Waals surface area contributed by atoms with Crippen molar-refractivity contribution in [3.8, 4) is 0 Å². The molecule has 0 aromatic heterocycles. The molecule has 2 nitrogen and oxygen atoms in total. The molecule has 2 heteroatoms. The Morgan fingerprint density at radius 2 is 1.89 bits per heavy atom. The van der Waals surface area contributed by atoms with Gasteiger partial charge in [0.05, 0.1) is 6.61 Å². The van der Waals surface area contributed by atoms with Crippen molar-refractivity contribution in [2.75, 3.05) is 20.3 Å². The molecule has 0 amide bonds. The third-order valence-corrected chi connectivity index (χ3v) is 4.35. The van der Waals surface area contributed by atoms with Crippen LogP contribution < -0.4 is 5.32 Å². The van der Waals surface area contributed by atoms with Gasteiger partial charge in [-0.15, -0.1) is 0 Å². The summed E-state index contributed by atoms with van der Waals surface area (Å²) in [5.74, 6) is 0. The Hall–Kier alpha value is -0.860. The van der Waals surface area contributed by atoms with Crippen LogP contribution in [0.2, 0.25) is 0 Å². The van der Waals surface area contributed by atoms with Gasteiger partial charge in [-0.05, 0) is 32.4 Å². The first-order valence-electron chi connectivity index (χ1n) is 7.14. The number of hydrogen-bond acceptors (Lipinski definition) is 2. The number of benzene rings is 1. The van der Waals surface area contributed by atoms with E-state index in [1.807, 2.05) is 0 Å². The minimum Gasteiger partial charge on any atom is -0.380 e. The number of nitrogens with one attached hydrogen (secondary N) is 1. The van der Waals surface area contributed by atoms with Crippen molar-refractivity contribution < 1.29 is 4.74 Å². The quantitative estimate of drug-likeness (QED) is 0.834. The molecule has 1 unspecified atom stereocenters. The number of rotatable bonds is 6. The third-order valence-electron chi connectivity index (χ3n) is 4.35. The van der Waals surface area contributed by atoms with E-state index in [4.69, 9.17) is 4.74 Å². The van der Waals surface area contributed by atoms with Gasteiger partial charge in [0.25, 0.3) is 0 Å². The van der Waals surface area contributed by atoms with Crippen LogP contribution in [0.25, 0.3) is 0 Å². The van der Waals surface area contributed by atoms with E-state index in [0.29, 0.717) is 6.04 Å². The Balaban J connectivity index is 2.25. The Labute approximate surface area is 111 Å². The fraction of sp³-hybridized carbons (Fsp3) is 0.625. The fourth-order valence-electron chi connectivity index (χ4n) is 3.37. The lowest BCUT2D eigenvalue weighted by Crippen LogP contribution is -2.48. The molecule has 0 saturated heterocycles. The minimum absolute atomic E-state index is 0.269. The summed E-state index contributed by atoms with van der Waals surface area (Å²) < 4.78 is 5.68. The van der Waals surface area contributed by atoms with E-state index in [1.165, 1.54) is 31.2 Å². The second-order valence-corrected chi connectivity index (χ2v) is 5.23. The molecule has 1 atom stereocenters. The van der Waals surface area contributed by atoms with E-state index in [9.17, 15) is 0 Å². The van der Waals surface area contributed by atoms with Gasteiger partial charge in [-0.2, -0.15) is 0 Å². The van der Waals surface area contributed by atoms with Crippen LogP contribution in [-0.4, -0.2) is 26.3 Å². The lowest BCUT2D eigenvalue weighted by molar-refractivity contribution is 0.0954. The predicted molar refractivity (Wildman–Crippen MR) is 75.9 cm³/mol. The maximum absolute atomic E-state index is 5.68. The molecule has 1 aromatic rings. The summed E-state index contributed by atoms with van der Waals surface area (Å²) >= 11 is 0. The topological polar surface area (TPSA) is 21.3 Å². The summed E-state index contributed by atoms with van der Waals surface area (Å²) in [4.78, 5) is 0. The summed E-state index contributed by atoms with van der Waals surface area (Å²) in [7, 11) is 2.06. The SMILES string of the molecule is CCOCC(NC)C1(c2ccccc2)CCCC1. The molecule has 100 valence electrons. The van der Waals surface area contributed by atoms with Gasteiger partial charge >= 0.3 is 0 Å². The maximum atomic E-state index is 5.68. The zero-order chi connectivity index (χ0) is 12.8. The van der Waals surface area contributed by atoms with E-state index in [1.54, 1.807) is 0 Å². The van der Waals surface area contributed by atoms with Crippen molar-refractivity contribution in [1.29, 1.82) is 0 Å². The highest BCUT2D eigenvalue weighted by Crippen LogP contribution is 2.43. The largest absolute Gasteiger partial charge is 0.380 e. The average Bonchev–Trinajstić information content (AvgIpc) is 2.91. The summed E-state index contributed by atoms with van der Waals surface area (Å²) in [6.45, 7) is 3.67. The Morgan fingerprint density at radius 3 is 2.44 bits per heavy atom. The first kappa shape index (κ1) is 13.6. The van der Waals surface area contributed by atoms with E-state index in [0.717, 1.165) is 13.2 Å². The van der Waals surface area contributed by atoms with Crippen LogP contribution in [0.3, 0.4) is 0 Å². The number of hydrogen-bond donors (Lipinski definition) is 1. The molecule has 1 aromatic carbocycles. The van der Waals surface area contributed by atoms with Gasteiger partial charge in [-0.3, -0.25) is 0 Å². The van der Waals surface area contributed by atoms with E-state index >= 15 is 0 Å². The third kappa shape index (κ3) is 2.60. The van der Waals surface area contributed by atoms with E-state index in [2.05, 4.69) is 49.6 Å². The Bertz CT molecular complexity index is 343. The van der Waals surface area contributed by atoms with Crippen molar-refractivity contribution in [3.05, 3.63) is 35.9 Å². The second kappa shape index (κ2) is 6.35. The molecular weight excluding hydrogens is 222 g/mol. The molecular formula is C16H25NO. The molecule has 0 radical (unpaired) electrons. The first-order valence-corrected chi connectivity index (χ1v) is 7.14. The molecule has 0 bridgehead atoms. The molecule has 1 N–H and O–H groups in total. The Morgan fingerprint density at radius 1 is 1.22 bits per heavy atom. The zero-order valence-electron chi connectivity index (χ0n) is 11.6. The summed E-state index contributed by atoms with van der Waals surface area (Å²) in [5, 5.41) is 3.49. The van der Waals surface area contributed by atoms with Crippen LogP contribution in [0.1, 0.15) is 38.2 Å². The van der Waals surface area contributed by atoms with Crippen molar-refractivity contribution in [2.24, 2.45) is 0 Å². The summed E-state index contributed by atoms with van der Waals surface area (Å²) in [5.41, 5.74) is 1.74. The van der Waals surface area contributed by atoms with Gasteiger partial charge in [0.1, 0.15) is 0 Å². The normalized spacial score (nSPS) is 19.9. The van der Waals surface area contributed by atoms with Crippen molar-refractivity contribution in [1.82, 2.24) is 5.32 Å². The highest BCUT2D eigenvalue weighted by atomic mass is 16.5. The number of likely N-dealkylation sites (N-methyl/N-ethyl adjacent to an activating group) is 1. The van der Waals surface area contributed by atoms with Crippen LogP contribution in [-0.2, 0) is 10.2 Å². The second-order valence-electron chi connectivity index (χ2n) is 5.23. The van der Waals surface area contributed by atoms with Gasteiger partial charge < -0.3 is 10.1 Å². The average molecular weight is 247 g/mol. The van der Waals surface area contributed by atoms with Crippen LogP contribution >= 0.6 is 0 Å². The summed E-state index contributed by atoms with van der Waals surface area (Å²) in [6.07, 6.45) is 5.21. The van der Waals surface area contributed by atoms with E-state index in [-0.39, 0.29) is 5.41 Å². The predicted octanol–water partition coefficient (Wildman–Crippen LogP) is 3.12. The van der Waals surface area contributed by atoms with Gasteiger partial charge in [-0.1, -0.05) is 43.2 Å². The highest BCUT2D eigenvalue weighted by molar-refractivity contribution is 5.29. The fourth-order valence-corrected chi connectivity index (χ4v) is 3.37. The highest BCUT2D eigenvalue weighted by Gasteiger charge is 2.41. The molecule has 0 aliphatic heterocycles. The van der Waals surface area contributed by atoms with Crippen LogP contribution in [0, 0.1) is 0 Å². The van der Waals surface area contributed by atoms with Gasteiger partial charge in [0, 0.05) is 18.1 Å². The van der Waals surface area contributed by atoms with Crippen molar-refractivity contribution >= 4 is 0 Å². The molecule has 2 rings (SSSR count). The molecule has 0 spiro atoms. The smallest absolute Gasteiger partial charge is 0.0628 e. The van der Waals surface area contributed by atoms with Gasteiger partial charge in [-0.25, -0.2) is 0 Å². The molecule has 18 heavy (non-hydrogen) atoms. The van der Waals surface area contributed by atoms with E-state index < -0.39 is 0 Å². The van der Waals surface area contributed by atoms with Crippen LogP contribution in [0.15, 0.2) is 30.3 Å². The molecule has 1 aliphatic carbocycles. The lowest BCUT2D eigenvalue weighted by atomic mass is 9.73. The Kier molecular flexibility index (Phi) is 4.79. The molecule has 1 fully saturated rings. The lowest BCUT2D eigenvalue weighted by Gasteiger charge is -2.38. The summed E-state index contributed by atoms with van der Waals surface area (Å²) in [6, 6.07) is 11.4. The first-order chi connectivity index (χ1) is 8.83. The standard InChI is InChI=1S/C16H25NO/c1-3-18-13-15(17-2)16(11-7-8-12-16)14-9-5-4-6-10-14/h4-6,9-10,15,17H,3,7-8,11-13H2,1-2H3. The van der Waals surface area contributed by atoms with Crippen LogP contribution in [0.4, 0.5) is 0 Å². The zero-order valence-corrected chi connectivity index (χ0v) is 11.6.